The molecule has 4 aromatic rings. The first-order valence-electron chi connectivity index (χ1n) is 11.6. The molecule has 0 radical (unpaired) electrons. The summed E-state index contributed by atoms with van der Waals surface area (Å²) in [6, 6.07) is 31.0. The summed E-state index contributed by atoms with van der Waals surface area (Å²) in [5, 5.41) is 0. The predicted molar refractivity (Wildman–Crippen MR) is 147 cm³/mol. The van der Waals surface area contributed by atoms with E-state index in [1.54, 1.807) is 43.8 Å². The molecular weight excluding hydrogens is 486 g/mol. The van der Waals surface area contributed by atoms with Crippen LogP contribution in [-0.2, 0) is 6.42 Å². The van der Waals surface area contributed by atoms with Crippen molar-refractivity contribution in [2.75, 3.05) is 19.1 Å². The minimum absolute atomic E-state index is 0.0733. The van der Waals surface area contributed by atoms with Gasteiger partial charge in [-0.2, -0.15) is 0 Å². The number of fused-ring (bicyclic) bond motifs is 2. The van der Waals surface area contributed by atoms with Gasteiger partial charge in [-0.15, -0.1) is 0 Å². The van der Waals surface area contributed by atoms with Crippen LogP contribution in [0.4, 0.5) is 17.1 Å². The third-order valence-corrected chi connectivity index (χ3v) is 8.99. The highest BCUT2D eigenvalue weighted by atomic mass is 32.2. The van der Waals surface area contributed by atoms with Crippen LogP contribution in [0.25, 0.3) is 0 Å². The highest BCUT2D eigenvalue weighted by Gasteiger charge is 2.33. The Bertz CT molecular complexity index is 1460. The SMILES string of the molecule is COc1cc2c(cc1OC)C(=O)C(=C1Sc3ccc(N(c4ccccc4)c4ccccc4)cc3S1)C2. The van der Waals surface area contributed by atoms with Crippen LogP contribution in [0, 0.1) is 0 Å². The van der Waals surface area contributed by atoms with Crippen molar-refractivity contribution in [3.05, 3.63) is 112 Å². The minimum atomic E-state index is 0.0733. The van der Waals surface area contributed by atoms with Gasteiger partial charge >= 0.3 is 0 Å². The van der Waals surface area contributed by atoms with E-state index < -0.39 is 0 Å². The summed E-state index contributed by atoms with van der Waals surface area (Å²) in [7, 11) is 3.21. The Morgan fingerprint density at radius 3 is 1.94 bits per heavy atom. The van der Waals surface area contributed by atoms with E-state index in [2.05, 4.69) is 71.6 Å². The van der Waals surface area contributed by atoms with Crippen LogP contribution in [-0.4, -0.2) is 20.0 Å². The summed E-state index contributed by atoms with van der Waals surface area (Å²) in [4.78, 5) is 17.9. The molecule has 4 aromatic carbocycles. The fourth-order valence-corrected chi connectivity index (χ4v) is 7.20. The Balaban J connectivity index is 1.35. The number of benzene rings is 4. The van der Waals surface area contributed by atoms with Gasteiger partial charge in [-0.1, -0.05) is 59.9 Å². The lowest BCUT2D eigenvalue weighted by Crippen LogP contribution is -2.09. The Kier molecular flexibility index (Phi) is 5.99. The van der Waals surface area contributed by atoms with Crippen molar-refractivity contribution in [3.63, 3.8) is 0 Å². The van der Waals surface area contributed by atoms with Crippen LogP contribution in [0.3, 0.4) is 0 Å². The molecule has 36 heavy (non-hydrogen) atoms. The summed E-state index contributed by atoms with van der Waals surface area (Å²) >= 11 is 3.36. The maximum Gasteiger partial charge on any atom is 0.191 e. The van der Waals surface area contributed by atoms with Gasteiger partial charge in [-0.3, -0.25) is 4.79 Å². The van der Waals surface area contributed by atoms with Crippen LogP contribution in [0.1, 0.15) is 15.9 Å². The van der Waals surface area contributed by atoms with Crippen molar-refractivity contribution in [1.29, 1.82) is 0 Å². The normalized spacial score (nSPS) is 16.0. The zero-order valence-corrected chi connectivity index (χ0v) is 21.5. The Hall–Kier alpha value is -3.61. The third-order valence-electron chi connectivity index (χ3n) is 6.36. The predicted octanol–water partition coefficient (Wildman–Crippen LogP) is 8.02. The zero-order chi connectivity index (χ0) is 24.6. The van der Waals surface area contributed by atoms with E-state index in [9.17, 15) is 4.79 Å². The van der Waals surface area contributed by atoms with Gasteiger partial charge in [0.25, 0.3) is 0 Å². The minimum Gasteiger partial charge on any atom is -0.493 e. The maximum atomic E-state index is 13.4. The van der Waals surface area contributed by atoms with Gasteiger partial charge in [0.05, 0.1) is 18.5 Å². The number of thioether (sulfide) groups is 2. The highest BCUT2D eigenvalue weighted by molar-refractivity contribution is 8.24. The van der Waals surface area contributed by atoms with Gasteiger partial charge in [-0.05, 0) is 60.2 Å². The average Bonchev–Trinajstić information content (AvgIpc) is 3.49. The third kappa shape index (κ3) is 3.96. The molecule has 1 heterocycles. The lowest BCUT2D eigenvalue weighted by molar-refractivity contribution is 0.103. The fourth-order valence-electron chi connectivity index (χ4n) is 4.62. The van der Waals surface area contributed by atoms with Gasteiger partial charge in [0.2, 0.25) is 0 Å². The molecular formula is C30H23NO3S2. The van der Waals surface area contributed by atoms with Crippen molar-refractivity contribution < 1.29 is 14.3 Å². The number of rotatable bonds is 5. The molecule has 4 nitrogen and oxygen atoms in total. The molecule has 0 atom stereocenters. The Morgan fingerprint density at radius 1 is 0.694 bits per heavy atom. The molecule has 0 spiro atoms. The zero-order valence-electron chi connectivity index (χ0n) is 19.9. The standard InChI is InChI=1S/C30H23NO3S2/c1-33-25-16-19-15-24(29(32)23(19)18-26(25)34-2)30-35-27-14-13-22(17-28(27)36-30)31(20-9-5-3-6-10-20)21-11-7-4-8-12-21/h3-14,16-18H,15H2,1-2H3. The molecule has 1 aliphatic carbocycles. The van der Waals surface area contributed by atoms with Crippen molar-refractivity contribution in [1.82, 2.24) is 0 Å². The molecule has 0 N–H and O–H groups in total. The van der Waals surface area contributed by atoms with E-state index in [1.165, 1.54) is 4.90 Å². The van der Waals surface area contributed by atoms with E-state index in [0.717, 1.165) is 37.3 Å². The topological polar surface area (TPSA) is 38.8 Å². The number of hydrogen-bond acceptors (Lipinski definition) is 6. The second-order valence-corrected chi connectivity index (χ2v) is 10.8. The molecule has 6 heteroatoms. The van der Waals surface area contributed by atoms with Crippen molar-refractivity contribution >= 4 is 46.4 Å². The van der Waals surface area contributed by atoms with Crippen LogP contribution in [0.15, 0.2) is 111 Å². The van der Waals surface area contributed by atoms with Crippen LogP contribution in [0.5, 0.6) is 11.5 Å². The number of para-hydroxylation sites is 2. The molecule has 6 rings (SSSR count). The van der Waals surface area contributed by atoms with Crippen molar-refractivity contribution in [2.24, 2.45) is 0 Å². The first-order valence-corrected chi connectivity index (χ1v) is 13.2. The molecule has 0 unspecified atom stereocenters. The number of anilines is 3. The second-order valence-electron chi connectivity index (χ2n) is 8.48. The lowest BCUT2D eigenvalue weighted by Gasteiger charge is -2.25. The van der Waals surface area contributed by atoms with Crippen LogP contribution < -0.4 is 14.4 Å². The van der Waals surface area contributed by atoms with Crippen LogP contribution in [0.2, 0.25) is 0 Å². The van der Waals surface area contributed by atoms with E-state index in [-0.39, 0.29) is 5.78 Å². The Morgan fingerprint density at radius 2 is 1.31 bits per heavy atom. The average molecular weight is 510 g/mol. The van der Waals surface area contributed by atoms with Gasteiger partial charge in [0.1, 0.15) is 0 Å². The molecule has 178 valence electrons. The number of ketones is 1. The summed E-state index contributed by atoms with van der Waals surface area (Å²) < 4.78 is 11.9. The number of Topliss-reactive ketones (excluding diaryl/α,β-unsaturated/α-hetero) is 1. The first kappa shape index (κ1) is 22.8. The largest absolute Gasteiger partial charge is 0.493 e. The number of carbonyl (C=O) groups is 1. The molecule has 2 aliphatic rings. The second kappa shape index (κ2) is 9.45. The first-order chi connectivity index (χ1) is 17.7. The molecule has 0 saturated carbocycles. The Labute approximate surface area is 218 Å². The number of ether oxygens (including phenoxy) is 2. The molecule has 1 aliphatic heterocycles. The van der Waals surface area contributed by atoms with E-state index >= 15 is 0 Å². The molecule has 0 saturated heterocycles. The summed E-state index contributed by atoms with van der Waals surface area (Å²) in [6.45, 7) is 0. The molecule has 0 amide bonds. The smallest absolute Gasteiger partial charge is 0.191 e. The number of nitrogens with zero attached hydrogens (tertiary/aromatic N) is 1. The van der Waals surface area contributed by atoms with Crippen molar-refractivity contribution in [3.8, 4) is 11.5 Å². The monoisotopic (exact) mass is 509 g/mol. The number of carbonyl (C=O) groups excluding carboxylic acids is 1. The summed E-state index contributed by atoms with van der Waals surface area (Å²) in [5.74, 6) is 1.30. The number of methoxy groups -OCH3 is 2. The van der Waals surface area contributed by atoms with Gasteiger partial charge in [0, 0.05) is 44.4 Å². The van der Waals surface area contributed by atoms with Gasteiger partial charge in [0.15, 0.2) is 17.3 Å². The molecule has 0 aromatic heterocycles. The number of hydrogen-bond donors (Lipinski definition) is 0. The summed E-state index contributed by atoms with van der Waals surface area (Å²) in [6.07, 6.45) is 0.602. The van der Waals surface area contributed by atoms with Gasteiger partial charge < -0.3 is 14.4 Å². The summed E-state index contributed by atoms with van der Waals surface area (Å²) in [5.41, 5.74) is 5.81. The lowest BCUT2D eigenvalue weighted by atomic mass is 10.1. The maximum absolute atomic E-state index is 13.4. The highest BCUT2D eigenvalue weighted by Crippen LogP contribution is 2.55. The van der Waals surface area contributed by atoms with Crippen molar-refractivity contribution in [2.45, 2.75) is 16.2 Å². The van der Waals surface area contributed by atoms with E-state index in [0.29, 0.717) is 23.5 Å². The van der Waals surface area contributed by atoms with E-state index in [4.69, 9.17) is 9.47 Å². The molecule has 0 bridgehead atoms. The molecule has 0 fully saturated rings. The van der Waals surface area contributed by atoms with Crippen LogP contribution >= 0.6 is 23.5 Å². The van der Waals surface area contributed by atoms with E-state index in [1.807, 2.05) is 18.2 Å². The fraction of sp³-hybridized carbons (Fsp3) is 0.100. The number of allylic oxidation sites excluding steroid dienone is 1. The van der Waals surface area contributed by atoms with Gasteiger partial charge in [-0.25, -0.2) is 0 Å². The quantitative estimate of drug-likeness (QED) is 0.254.